The lowest BCUT2D eigenvalue weighted by atomic mass is 9.78. The van der Waals surface area contributed by atoms with E-state index in [9.17, 15) is 0 Å². The third-order valence-electron chi connectivity index (χ3n) is 4.56. The van der Waals surface area contributed by atoms with Gasteiger partial charge in [0.1, 0.15) is 0 Å². The summed E-state index contributed by atoms with van der Waals surface area (Å²) in [4.78, 5) is 4.16. The van der Waals surface area contributed by atoms with Gasteiger partial charge in [-0.1, -0.05) is 6.42 Å². The molecule has 0 spiro atoms. The Kier molecular flexibility index (Phi) is 4.70. The van der Waals surface area contributed by atoms with Crippen LogP contribution in [0.4, 0.5) is 0 Å². The zero-order valence-electron chi connectivity index (χ0n) is 11.0. The minimum atomic E-state index is 0. The summed E-state index contributed by atoms with van der Waals surface area (Å²) < 4.78 is 0. The third-order valence-corrected chi connectivity index (χ3v) is 5.57. The van der Waals surface area contributed by atoms with Gasteiger partial charge in [0, 0.05) is 30.6 Å². The Morgan fingerprint density at radius 1 is 1.39 bits per heavy atom. The summed E-state index contributed by atoms with van der Waals surface area (Å²) in [5.74, 6) is 1.64. The maximum Gasteiger partial charge on any atom is 0.0330 e. The number of aryl methyl sites for hydroxylation is 1. The summed E-state index contributed by atoms with van der Waals surface area (Å²) in [5, 5.41) is 2.21. The van der Waals surface area contributed by atoms with Gasteiger partial charge in [0.25, 0.3) is 0 Å². The first-order valence-electron chi connectivity index (χ1n) is 6.75. The summed E-state index contributed by atoms with van der Waals surface area (Å²) >= 11 is 1.90. The Bertz CT molecular complexity index is 393. The molecule has 2 fully saturated rings. The summed E-state index contributed by atoms with van der Waals surface area (Å²) in [7, 11) is 0. The molecule has 0 amide bonds. The van der Waals surface area contributed by atoms with E-state index < -0.39 is 0 Å². The Labute approximate surface area is 120 Å². The molecule has 1 saturated carbocycles. The number of hydrogen-bond acceptors (Lipinski definition) is 3. The van der Waals surface area contributed by atoms with Gasteiger partial charge in [-0.15, -0.1) is 23.7 Å². The van der Waals surface area contributed by atoms with Crippen LogP contribution < -0.4 is 5.73 Å². The predicted molar refractivity (Wildman–Crippen MR) is 80.4 cm³/mol. The van der Waals surface area contributed by atoms with Crippen molar-refractivity contribution in [2.75, 3.05) is 13.1 Å². The normalized spacial score (nSPS) is 32.0. The van der Waals surface area contributed by atoms with Crippen LogP contribution in [0, 0.1) is 18.8 Å². The first-order chi connectivity index (χ1) is 8.24. The molecule has 2 N–H and O–H groups in total. The highest BCUT2D eigenvalue weighted by Crippen LogP contribution is 2.36. The smallest absolute Gasteiger partial charge is 0.0330 e. The second-order valence-corrected chi connectivity index (χ2v) is 6.74. The van der Waals surface area contributed by atoms with E-state index in [-0.39, 0.29) is 12.4 Å². The average molecular weight is 287 g/mol. The molecular formula is C14H23ClN2S. The number of nitrogens with zero attached hydrogens (tertiary/aromatic N) is 1. The van der Waals surface area contributed by atoms with Crippen molar-refractivity contribution in [3.63, 3.8) is 0 Å². The summed E-state index contributed by atoms with van der Waals surface area (Å²) in [6.45, 7) is 5.86. The maximum atomic E-state index is 6.26. The van der Waals surface area contributed by atoms with E-state index in [0.717, 1.165) is 18.4 Å². The van der Waals surface area contributed by atoms with Crippen LogP contribution in [-0.2, 0) is 6.54 Å². The van der Waals surface area contributed by atoms with E-state index in [1.807, 2.05) is 11.3 Å². The molecule has 2 heterocycles. The molecule has 2 nitrogen and oxygen atoms in total. The van der Waals surface area contributed by atoms with E-state index in [2.05, 4.69) is 23.3 Å². The van der Waals surface area contributed by atoms with Crippen molar-refractivity contribution in [3.8, 4) is 0 Å². The quantitative estimate of drug-likeness (QED) is 0.905. The van der Waals surface area contributed by atoms with Gasteiger partial charge in [0.05, 0.1) is 0 Å². The molecule has 1 aliphatic heterocycles. The summed E-state index contributed by atoms with van der Waals surface area (Å²) in [6, 6.07) is 2.69. The topological polar surface area (TPSA) is 29.3 Å². The molecule has 1 aromatic rings. The number of rotatable bonds is 2. The monoisotopic (exact) mass is 286 g/mol. The Hall–Kier alpha value is -0.0900. The molecule has 1 aliphatic carbocycles. The van der Waals surface area contributed by atoms with Gasteiger partial charge >= 0.3 is 0 Å². The van der Waals surface area contributed by atoms with E-state index in [0.29, 0.717) is 6.04 Å². The molecule has 3 rings (SSSR count). The lowest BCUT2D eigenvalue weighted by Crippen LogP contribution is -2.38. The lowest BCUT2D eigenvalue weighted by Gasteiger charge is -2.29. The zero-order chi connectivity index (χ0) is 11.8. The lowest BCUT2D eigenvalue weighted by molar-refractivity contribution is 0.259. The third kappa shape index (κ3) is 2.74. The van der Waals surface area contributed by atoms with Gasteiger partial charge in [-0.2, -0.15) is 0 Å². The van der Waals surface area contributed by atoms with Gasteiger partial charge < -0.3 is 5.73 Å². The van der Waals surface area contributed by atoms with Gasteiger partial charge in [0.15, 0.2) is 0 Å². The van der Waals surface area contributed by atoms with E-state index in [1.165, 1.54) is 42.8 Å². The van der Waals surface area contributed by atoms with Gasteiger partial charge in [-0.25, -0.2) is 0 Å². The van der Waals surface area contributed by atoms with Crippen molar-refractivity contribution in [2.45, 2.75) is 38.8 Å². The largest absolute Gasteiger partial charge is 0.327 e. The number of halogens is 1. The number of nitrogens with two attached hydrogens (primary N) is 1. The van der Waals surface area contributed by atoms with Crippen LogP contribution in [0.25, 0.3) is 0 Å². The highest BCUT2D eigenvalue weighted by atomic mass is 35.5. The molecule has 3 unspecified atom stereocenters. The van der Waals surface area contributed by atoms with Crippen LogP contribution in [0.1, 0.15) is 29.7 Å². The first kappa shape index (κ1) is 14.3. The Morgan fingerprint density at radius 2 is 2.22 bits per heavy atom. The highest BCUT2D eigenvalue weighted by Gasteiger charge is 2.38. The van der Waals surface area contributed by atoms with E-state index in [1.54, 1.807) is 0 Å². The van der Waals surface area contributed by atoms with Crippen molar-refractivity contribution in [1.29, 1.82) is 0 Å². The molecule has 1 saturated heterocycles. The summed E-state index contributed by atoms with van der Waals surface area (Å²) in [5.41, 5.74) is 7.71. The molecule has 0 radical (unpaired) electrons. The second-order valence-electron chi connectivity index (χ2n) is 5.74. The van der Waals surface area contributed by atoms with Crippen molar-refractivity contribution >= 4 is 23.7 Å². The first-order valence-corrected chi connectivity index (χ1v) is 7.63. The number of fused-ring (bicyclic) bond motifs is 1. The second kappa shape index (κ2) is 5.91. The van der Waals surface area contributed by atoms with E-state index in [4.69, 9.17) is 5.73 Å². The van der Waals surface area contributed by atoms with Crippen LogP contribution in [0.15, 0.2) is 11.4 Å². The Balaban J connectivity index is 0.00000120. The minimum absolute atomic E-state index is 0. The van der Waals surface area contributed by atoms with Gasteiger partial charge in [0.2, 0.25) is 0 Å². The highest BCUT2D eigenvalue weighted by molar-refractivity contribution is 7.10. The molecule has 2 aliphatic rings. The van der Waals surface area contributed by atoms with Crippen molar-refractivity contribution in [3.05, 3.63) is 21.9 Å². The van der Waals surface area contributed by atoms with Crippen LogP contribution in [-0.4, -0.2) is 24.0 Å². The zero-order valence-corrected chi connectivity index (χ0v) is 12.6. The molecule has 3 atom stereocenters. The fourth-order valence-electron chi connectivity index (χ4n) is 3.51. The molecule has 18 heavy (non-hydrogen) atoms. The standard InChI is InChI=1S/C14H22N2S.ClH/c1-10-5-6-17-14(10)9-16-7-11-3-2-4-13(15)12(11)8-16;/h5-6,11-13H,2-4,7-9,15H2,1H3;1H. The minimum Gasteiger partial charge on any atom is -0.327 e. The van der Waals surface area contributed by atoms with Crippen LogP contribution in [0.2, 0.25) is 0 Å². The fraction of sp³-hybridized carbons (Fsp3) is 0.714. The number of likely N-dealkylation sites (tertiary alicyclic amines) is 1. The van der Waals surface area contributed by atoms with Crippen LogP contribution in [0.3, 0.4) is 0 Å². The molecule has 102 valence electrons. The fourth-order valence-corrected chi connectivity index (χ4v) is 4.45. The SMILES string of the molecule is Cc1ccsc1CN1CC2CCCC(N)C2C1.Cl. The average Bonchev–Trinajstić information content (AvgIpc) is 2.87. The molecule has 1 aromatic heterocycles. The maximum absolute atomic E-state index is 6.26. The predicted octanol–water partition coefficient (Wildman–Crippen LogP) is 3.04. The Morgan fingerprint density at radius 3 is 2.89 bits per heavy atom. The molecule has 4 heteroatoms. The van der Waals surface area contributed by atoms with Crippen molar-refractivity contribution in [1.82, 2.24) is 4.90 Å². The van der Waals surface area contributed by atoms with Crippen molar-refractivity contribution < 1.29 is 0 Å². The molecule has 0 bridgehead atoms. The van der Waals surface area contributed by atoms with Crippen molar-refractivity contribution in [2.24, 2.45) is 17.6 Å². The van der Waals surface area contributed by atoms with Crippen LogP contribution in [0.5, 0.6) is 0 Å². The summed E-state index contributed by atoms with van der Waals surface area (Å²) in [6.07, 6.45) is 3.99. The van der Waals surface area contributed by atoms with E-state index >= 15 is 0 Å². The number of hydrogen-bond donors (Lipinski definition) is 1. The van der Waals surface area contributed by atoms with Crippen LogP contribution >= 0.6 is 23.7 Å². The molecular weight excluding hydrogens is 264 g/mol. The molecule has 0 aromatic carbocycles. The van der Waals surface area contributed by atoms with Gasteiger partial charge in [-0.05, 0) is 48.6 Å². The van der Waals surface area contributed by atoms with Gasteiger partial charge in [-0.3, -0.25) is 4.90 Å². The number of thiophene rings is 1.